The fourth-order valence-corrected chi connectivity index (χ4v) is 4.16. The molecule has 0 atom stereocenters. The number of aromatic nitrogens is 2. The topological polar surface area (TPSA) is 44.1 Å². The summed E-state index contributed by atoms with van der Waals surface area (Å²) >= 11 is 0. The molecule has 1 fully saturated rings. The van der Waals surface area contributed by atoms with Crippen molar-refractivity contribution in [1.29, 1.82) is 0 Å². The number of ether oxygens (including phenoxy) is 1. The van der Waals surface area contributed by atoms with Crippen LogP contribution >= 0.6 is 0 Å². The fraction of sp³-hybridized carbons (Fsp3) is 0.231. The summed E-state index contributed by atoms with van der Waals surface area (Å²) in [6.07, 6.45) is 4.88. The van der Waals surface area contributed by atoms with Crippen molar-refractivity contribution in [3.8, 4) is 11.3 Å². The van der Waals surface area contributed by atoms with Crippen LogP contribution in [0.4, 0.5) is 0 Å². The number of hydrogen-bond acceptors (Lipinski definition) is 3. The molecule has 1 aliphatic rings. The summed E-state index contributed by atoms with van der Waals surface area (Å²) in [7, 11) is 3.52. The lowest BCUT2D eigenvalue weighted by atomic mass is 10.0. The molecule has 1 aliphatic carbocycles. The third-order valence-electron chi connectivity index (χ3n) is 5.99. The van der Waals surface area contributed by atoms with E-state index < -0.39 is 0 Å². The molecule has 2 aromatic carbocycles. The second kappa shape index (κ2) is 7.45. The zero-order valence-corrected chi connectivity index (χ0v) is 17.3. The van der Waals surface area contributed by atoms with Gasteiger partial charge in [-0.2, -0.15) is 0 Å². The van der Waals surface area contributed by atoms with Gasteiger partial charge in [0.05, 0.1) is 18.4 Å². The third-order valence-corrected chi connectivity index (χ3v) is 5.99. The molecular formula is C26H24N2O2. The van der Waals surface area contributed by atoms with Crippen LogP contribution in [0.25, 0.3) is 22.2 Å². The number of esters is 1. The van der Waals surface area contributed by atoms with Crippen LogP contribution < -0.4 is 0 Å². The molecule has 4 aromatic rings. The first-order valence-corrected chi connectivity index (χ1v) is 10.3. The maximum atomic E-state index is 12.4. The summed E-state index contributed by atoms with van der Waals surface area (Å²) in [5, 5.41) is 1.18. The maximum absolute atomic E-state index is 12.4. The summed E-state index contributed by atoms with van der Waals surface area (Å²) < 4.78 is 7.25. The van der Waals surface area contributed by atoms with Crippen LogP contribution in [0.3, 0.4) is 0 Å². The Hall–Kier alpha value is -3.40. The zero-order valence-electron chi connectivity index (χ0n) is 17.3. The second-order valence-electron chi connectivity index (χ2n) is 8.05. The van der Waals surface area contributed by atoms with E-state index in [-0.39, 0.29) is 5.97 Å². The maximum Gasteiger partial charge on any atom is 0.339 e. The van der Waals surface area contributed by atoms with Crippen molar-refractivity contribution >= 4 is 16.9 Å². The van der Waals surface area contributed by atoms with Gasteiger partial charge >= 0.3 is 5.97 Å². The first kappa shape index (κ1) is 18.6. The van der Waals surface area contributed by atoms with E-state index in [1.165, 1.54) is 42.1 Å². The molecule has 5 rings (SSSR count). The van der Waals surface area contributed by atoms with Crippen molar-refractivity contribution in [3.05, 3.63) is 89.2 Å². The van der Waals surface area contributed by atoms with Gasteiger partial charge in [-0.3, -0.25) is 4.98 Å². The first-order chi connectivity index (χ1) is 14.6. The molecule has 2 heterocycles. The predicted octanol–water partition coefficient (Wildman–Crippen LogP) is 5.50. The van der Waals surface area contributed by atoms with Gasteiger partial charge in [-0.15, -0.1) is 0 Å². The molecule has 4 nitrogen and oxygen atoms in total. The number of benzene rings is 2. The van der Waals surface area contributed by atoms with Crippen molar-refractivity contribution < 1.29 is 9.53 Å². The summed E-state index contributed by atoms with van der Waals surface area (Å²) in [6, 6.07) is 21.1. The van der Waals surface area contributed by atoms with E-state index in [0.717, 1.165) is 16.8 Å². The highest BCUT2D eigenvalue weighted by atomic mass is 16.5. The molecular weight excluding hydrogens is 372 g/mol. The molecule has 0 saturated heterocycles. The number of fused-ring (bicyclic) bond motifs is 1. The Morgan fingerprint density at radius 1 is 1.10 bits per heavy atom. The van der Waals surface area contributed by atoms with Gasteiger partial charge in [0.25, 0.3) is 0 Å². The van der Waals surface area contributed by atoms with Crippen molar-refractivity contribution in [1.82, 2.24) is 9.55 Å². The van der Waals surface area contributed by atoms with Gasteiger partial charge in [-0.1, -0.05) is 36.4 Å². The van der Waals surface area contributed by atoms with Gasteiger partial charge in [0.1, 0.15) is 0 Å². The van der Waals surface area contributed by atoms with Crippen molar-refractivity contribution in [2.45, 2.75) is 25.2 Å². The van der Waals surface area contributed by atoms with Crippen LogP contribution in [0.2, 0.25) is 0 Å². The van der Waals surface area contributed by atoms with Crippen molar-refractivity contribution in [2.24, 2.45) is 7.05 Å². The minimum absolute atomic E-state index is 0.313. The van der Waals surface area contributed by atoms with E-state index in [1.807, 2.05) is 18.3 Å². The molecule has 0 unspecified atom stereocenters. The fourth-order valence-electron chi connectivity index (χ4n) is 4.16. The molecule has 0 spiro atoms. The van der Waals surface area contributed by atoms with Crippen molar-refractivity contribution in [3.63, 3.8) is 0 Å². The first-order valence-electron chi connectivity index (χ1n) is 10.3. The molecule has 4 heteroatoms. The summed E-state index contributed by atoms with van der Waals surface area (Å²) in [6.45, 7) is 0. The number of aryl methyl sites for hydroxylation is 1. The van der Waals surface area contributed by atoms with E-state index in [4.69, 9.17) is 4.74 Å². The standard InChI is InChI=1S/C26H24N2O2/c1-28-24-11-8-17(12-20(24)15-25(28)19-6-4-3-5-7-19)13-23-22(26(29)30-2)14-21(16-27-23)18-9-10-18/h3-8,11-12,14-16,18H,9-10,13H2,1-2H3. The van der Waals surface area contributed by atoms with E-state index in [1.54, 1.807) is 0 Å². The Balaban J connectivity index is 1.51. The smallest absolute Gasteiger partial charge is 0.339 e. The zero-order chi connectivity index (χ0) is 20.7. The number of nitrogens with zero attached hydrogens (tertiary/aromatic N) is 2. The van der Waals surface area contributed by atoms with E-state index in [9.17, 15) is 4.79 Å². The lowest BCUT2D eigenvalue weighted by molar-refractivity contribution is 0.0599. The van der Waals surface area contributed by atoms with Crippen LogP contribution in [-0.4, -0.2) is 22.6 Å². The van der Waals surface area contributed by atoms with Crippen LogP contribution in [0.5, 0.6) is 0 Å². The highest BCUT2D eigenvalue weighted by Gasteiger charge is 2.26. The minimum Gasteiger partial charge on any atom is -0.465 e. The highest BCUT2D eigenvalue weighted by Crippen LogP contribution is 2.40. The Labute approximate surface area is 176 Å². The summed E-state index contributed by atoms with van der Waals surface area (Å²) in [5.74, 6) is 0.235. The quantitative estimate of drug-likeness (QED) is 0.419. The summed E-state index contributed by atoms with van der Waals surface area (Å²) in [4.78, 5) is 17.0. The summed E-state index contributed by atoms with van der Waals surface area (Å²) in [5.41, 5.74) is 7.19. The highest BCUT2D eigenvalue weighted by molar-refractivity contribution is 5.91. The van der Waals surface area contributed by atoms with Crippen LogP contribution in [0, 0.1) is 0 Å². The normalized spacial score (nSPS) is 13.5. The monoisotopic (exact) mass is 396 g/mol. The molecule has 0 radical (unpaired) electrons. The number of hydrogen-bond donors (Lipinski definition) is 0. The number of carbonyl (C=O) groups excluding carboxylic acids is 1. The average molecular weight is 396 g/mol. The largest absolute Gasteiger partial charge is 0.465 e. The Bertz CT molecular complexity index is 1240. The lowest BCUT2D eigenvalue weighted by Gasteiger charge is -2.10. The molecule has 0 aliphatic heterocycles. The minimum atomic E-state index is -0.313. The van der Waals surface area contributed by atoms with Gasteiger partial charge in [-0.25, -0.2) is 4.79 Å². The molecule has 0 bridgehead atoms. The van der Waals surface area contributed by atoms with Gasteiger partial charge in [0, 0.05) is 36.3 Å². The third kappa shape index (κ3) is 3.39. The van der Waals surface area contributed by atoms with Gasteiger partial charge in [-0.05, 0) is 59.7 Å². The lowest BCUT2D eigenvalue weighted by Crippen LogP contribution is -2.09. The van der Waals surface area contributed by atoms with E-state index in [2.05, 4.69) is 65.1 Å². The van der Waals surface area contributed by atoms with Crippen molar-refractivity contribution in [2.75, 3.05) is 7.11 Å². The Morgan fingerprint density at radius 3 is 2.63 bits per heavy atom. The number of rotatable bonds is 5. The van der Waals surface area contributed by atoms with E-state index >= 15 is 0 Å². The van der Waals surface area contributed by atoms with Crippen LogP contribution in [0.1, 0.15) is 45.9 Å². The van der Waals surface area contributed by atoms with Crippen LogP contribution in [-0.2, 0) is 18.2 Å². The van der Waals surface area contributed by atoms with Gasteiger partial charge in [0.15, 0.2) is 0 Å². The number of pyridine rings is 1. The molecule has 0 N–H and O–H groups in total. The molecule has 30 heavy (non-hydrogen) atoms. The Morgan fingerprint density at radius 2 is 1.90 bits per heavy atom. The molecule has 1 saturated carbocycles. The Kier molecular flexibility index (Phi) is 4.62. The average Bonchev–Trinajstić information content (AvgIpc) is 3.58. The van der Waals surface area contributed by atoms with Gasteiger partial charge < -0.3 is 9.30 Å². The van der Waals surface area contributed by atoms with Gasteiger partial charge in [0.2, 0.25) is 0 Å². The predicted molar refractivity (Wildman–Crippen MR) is 119 cm³/mol. The van der Waals surface area contributed by atoms with E-state index in [0.29, 0.717) is 17.9 Å². The molecule has 150 valence electrons. The second-order valence-corrected chi connectivity index (χ2v) is 8.05. The number of methoxy groups -OCH3 is 1. The SMILES string of the molecule is COC(=O)c1cc(C2CC2)cnc1Cc1ccc2c(c1)cc(-c1ccccc1)n2C. The number of carbonyl (C=O) groups is 1. The molecule has 2 aromatic heterocycles. The molecule has 0 amide bonds. The van der Waals surface area contributed by atoms with Crippen LogP contribution in [0.15, 0.2) is 66.9 Å².